The van der Waals surface area contributed by atoms with Crippen LogP contribution < -0.4 is 0 Å². The zero-order valence-electron chi connectivity index (χ0n) is 6.90. The van der Waals surface area contributed by atoms with Crippen molar-refractivity contribution in [2.45, 2.75) is 6.92 Å². The molecule has 0 atom stereocenters. The van der Waals surface area contributed by atoms with Crippen molar-refractivity contribution < 1.29 is 9.90 Å². The minimum Gasteiger partial charge on any atom is -0.478 e. The van der Waals surface area contributed by atoms with Crippen LogP contribution in [0.15, 0.2) is 12.1 Å². The molecule has 13 heavy (non-hydrogen) atoms. The summed E-state index contributed by atoms with van der Waals surface area (Å²) in [7, 11) is 0. The van der Waals surface area contributed by atoms with Gasteiger partial charge >= 0.3 is 5.97 Å². The van der Waals surface area contributed by atoms with Crippen molar-refractivity contribution in [1.29, 1.82) is 0 Å². The van der Waals surface area contributed by atoms with Crippen molar-refractivity contribution in [1.82, 2.24) is 15.4 Å². The molecule has 0 spiro atoms. The number of aromatic amines is 1. The number of hydrogen-bond donors (Lipinski definition) is 2. The third-order valence-electron chi connectivity index (χ3n) is 1.92. The normalized spacial score (nSPS) is 10.5. The average molecular weight is 177 g/mol. The number of aromatic carboxylic acids is 1. The first kappa shape index (κ1) is 7.72. The highest BCUT2D eigenvalue weighted by Crippen LogP contribution is 2.17. The Hall–Kier alpha value is -1.91. The molecule has 2 aromatic rings. The van der Waals surface area contributed by atoms with Gasteiger partial charge in [0.1, 0.15) is 5.52 Å². The topological polar surface area (TPSA) is 78.9 Å². The van der Waals surface area contributed by atoms with Gasteiger partial charge in [-0.2, -0.15) is 0 Å². The minimum atomic E-state index is -0.975. The summed E-state index contributed by atoms with van der Waals surface area (Å²) in [5.41, 5.74) is 1.95. The number of carboxylic acid groups (broad SMARTS) is 1. The van der Waals surface area contributed by atoms with Crippen molar-refractivity contribution in [2.24, 2.45) is 0 Å². The van der Waals surface area contributed by atoms with E-state index in [0.717, 1.165) is 0 Å². The Morgan fingerprint density at radius 3 is 3.00 bits per heavy atom. The number of hydrogen-bond acceptors (Lipinski definition) is 3. The lowest BCUT2D eigenvalue weighted by molar-refractivity contribution is 0.0698. The molecule has 0 aliphatic rings. The van der Waals surface area contributed by atoms with E-state index >= 15 is 0 Å². The smallest absolute Gasteiger partial charge is 0.338 e. The van der Waals surface area contributed by atoms with Crippen LogP contribution in [0.2, 0.25) is 0 Å². The lowest BCUT2D eigenvalue weighted by Crippen LogP contribution is -2.00. The van der Waals surface area contributed by atoms with Gasteiger partial charge in [0.15, 0.2) is 0 Å². The molecular formula is C8H7N3O2. The van der Waals surface area contributed by atoms with Crippen LogP contribution in [0.3, 0.4) is 0 Å². The summed E-state index contributed by atoms with van der Waals surface area (Å²) in [5, 5.41) is 18.8. The molecule has 5 heteroatoms. The van der Waals surface area contributed by atoms with E-state index in [9.17, 15) is 4.79 Å². The van der Waals surface area contributed by atoms with Crippen molar-refractivity contribution in [3.8, 4) is 0 Å². The van der Waals surface area contributed by atoms with Crippen LogP contribution >= 0.6 is 0 Å². The molecule has 0 amide bonds. The molecule has 5 nitrogen and oxygen atoms in total. The van der Waals surface area contributed by atoms with E-state index in [1.165, 1.54) is 0 Å². The number of H-pyrrole nitrogens is 1. The number of nitrogens with one attached hydrogen (secondary N) is 1. The SMILES string of the molecule is Cc1ccc2[nH]nnc2c1C(=O)O. The fourth-order valence-electron chi connectivity index (χ4n) is 1.28. The van der Waals surface area contributed by atoms with Gasteiger partial charge in [-0.15, -0.1) is 5.10 Å². The summed E-state index contributed by atoms with van der Waals surface area (Å²) in [6, 6.07) is 3.49. The average Bonchev–Trinajstić information content (AvgIpc) is 2.50. The molecule has 0 aliphatic heterocycles. The predicted octanol–water partition coefficient (Wildman–Crippen LogP) is 0.965. The van der Waals surface area contributed by atoms with Crippen LogP contribution in [0, 0.1) is 6.92 Å². The van der Waals surface area contributed by atoms with Crippen molar-refractivity contribution in [2.75, 3.05) is 0 Å². The fraction of sp³-hybridized carbons (Fsp3) is 0.125. The number of carbonyl (C=O) groups is 1. The summed E-state index contributed by atoms with van der Waals surface area (Å²) in [6.07, 6.45) is 0. The van der Waals surface area contributed by atoms with Gasteiger partial charge < -0.3 is 5.11 Å². The number of aromatic nitrogens is 3. The van der Waals surface area contributed by atoms with Gasteiger partial charge in [0.25, 0.3) is 0 Å². The largest absolute Gasteiger partial charge is 0.478 e. The molecule has 0 saturated carbocycles. The number of rotatable bonds is 1. The predicted molar refractivity (Wildman–Crippen MR) is 45.6 cm³/mol. The van der Waals surface area contributed by atoms with Gasteiger partial charge in [-0.1, -0.05) is 11.3 Å². The van der Waals surface area contributed by atoms with Gasteiger partial charge in [0, 0.05) is 0 Å². The second kappa shape index (κ2) is 2.55. The van der Waals surface area contributed by atoms with Crippen molar-refractivity contribution in [3.63, 3.8) is 0 Å². The maximum Gasteiger partial charge on any atom is 0.338 e. The van der Waals surface area contributed by atoms with E-state index in [2.05, 4.69) is 15.4 Å². The van der Waals surface area contributed by atoms with Crippen molar-refractivity contribution >= 4 is 17.0 Å². The van der Waals surface area contributed by atoms with Crippen molar-refractivity contribution in [3.05, 3.63) is 23.3 Å². The highest BCUT2D eigenvalue weighted by Gasteiger charge is 2.13. The van der Waals surface area contributed by atoms with Crippen LogP contribution in [0.5, 0.6) is 0 Å². The third-order valence-corrected chi connectivity index (χ3v) is 1.92. The molecule has 0 radical (unpaired) electrons. The summed E-state index contributed by atoms with van der Waals surface area (Å²) < 4.78 is 0. The molecule has 2 N–H and O–H groups in total. The number of nitrogens with zero attached hydrogens (tertiary/aromatic N) is 2. The van der Waals surface area contributed by atoms with Gasteiger partial charge in [-0.05, 0) is 18.6 Å². The van der Waals surface area contributed by atoms with E-state index in [4.69, 9.17) is 5.11 Å². The number of fused-ring (bicyclic) bond motifs is 1. The lowest BCUT2D eigenvalue weighted by Gasteiger charge is -1.98. The Labute approximate surface area is 73.4 Å². The molecule has 1 aromatic heterocycles. The maximum absolute atomic E-state index is 10.9. The van der Waals surface area contributed by atoms with Gasteiger partial charge in [-0.3, -0.25) is 5.10 Å². The summed E-state index contributed by atoms with van der Waals surface area (Å²) >= 11 is 0. The zero-order chi connectivity index (χ0) is 9.42. The Kier molecular flexibility index (Phi) is 1.51. The van der Waals surface area contributed by atoms with Crippen LogP contribution in [0.1, 0.15) is 15.9 Å². The molecule has 66 valence electrons. The second-order valence-electron chi connectivity index (χ2n) is 2.77. The van der Waals surface area contributed by atoms with E-state index < -0.39 is 5.97 Å². The molecule has 0 aliphatic carbocycles. The van der Waals surface area contributed by atoms with Gasteiger partial charge in [-0.25, -0.2) is 4.79 Å². The third kappa shape index (κ3) is 1.05. The first-order valence-electron chi connectivity index (χ1n) is 3.74. The molecule has 1 aromatic carbocycles. The van der Waals surface area contributed by atoms with E-state index in [1.54, 1.807) is 19.1 Å². The van der Waals surface area contributed by atoms with Crippen LogP contribution in [0.25, 0.3) is 11.0 Å². The first-order chi connectivity index (χ1) is 6.20. The minimum absolute atomic E-state index is 0.214. The quantitative estimate of drug-likeness (QED) is 0.680. The first-order valence-corrected chi connectivity index (χ1v) is 3.74. The molecule has 0 saturated heterocycles. The Bertz CT molecular complexity index is 475. The molecule has 1 heterocycles. The second-order valence-corrected chi connectivity index (χ2v) is 2.77. The zero-order valence-corrected chi connectivity index (χ0v) is 6.90. The van der Waals surface area contributed by atoms with E-state index in [0.29, 0.717) is 16.6 Å². The molecular weight excluding hydrogens is 170 g/mol. The fourth-order valence-corrected chi connectivity index (χ4v) is 1.28. The van der Waals surface area contributed by atoms with Gasteiger partial charge in [0.05, 0.1) is 11.1 Å². The Balaban J connectivity index is 2.88. The Morgan fingerprint density at radius 1 is 1.54 bits per heavy atom. The molecule has 2 rings (SSSR count). The van der Waals surface area contributed by atoms with Crippen LogP contribution in [0.4, 0.5) is 0 Å². The monoisotopic (exact) mass is 177 g/mol. The molecule has 0 unspecified atom stereocenters. The maximum atomic E-state index is 10.9. The standard InChI is InChI=1S/C8H7N3O2/c1-4-2-3-5-7(10-11-9-5)6(4)8(12)13/h2-3H,1H3,(H,12,13)(H,9,10,11). The van der Waals surface area contributed by atoms with Gasteiger partial charge in [0.2, 0.25) is 0 Å². The molecule has 0 bridgehead atoms. The summed E-state index contributed by atoms with van der Waals surface area (Å²) in [4.78, 5) is 10.9. The molecule has 0 fully saturated rings. The highest BCUT2D eigenvalue weighted by molar-refractivity contribution is 6.01. The van der Waals surface area contributed by atoms with Crippen LogP contribution in [-0.2, 0) is 0 Å². The lowest BCUT2D eigenvalue weighted by atomic mass is 10.1. The Morgan fingerprint density at radius 2 is 2.31 bits per heavy atom. The highest BCUT2D eigenvalue weighted by atomic mass is 16.4. The summed E-state index contributed by atoms with van der Waals surface area (Å²) in [6.45, 7) is 1.73. The van der Waals surface area contributed by atoms with E-state index in [1.807, 2.05) is 0 Å². The number of benzene rings is 1. The number of carboxylic acids is 1. The summed E-state index contributed by atoms with van der Waals surface area (Å²) in [5.74, 6) is -0.975. The van der Waals surface area contributed by atoms with Crippen LogP contribution in [-0.4, -0.2) is 26.5 Å². The van der Waals surface area contributed by atoms with E-state index in [-0.39, 0.29) is 5.56 Å². The number of aryl methyl sites for hydroxylation is 1.